The zero-order chi connectivity index (χ0) is 13.1. The molecule has 0 aromatic carbocycles. The van der Waals surface area contributed by atoms with E-state index in [0.717, 1.165) is 25.4 Å². The molecule has 3 nitrogen and oxygen atoms in total. The molecule has 1 aliphatic carbocycles. The summed E-state index contributed by atoms with van der Waals surface area (Å²) >= 11 is 0. The van der Waals surface area contributed by atoms with Crippen LogP contribution in [0.15, 0.2) is 0 Å². The van der Waals surface area contributed by atoms with Crippen molar-refractivity contribution in [2.75, 3.05) is 13.1 Å². The van der Waals surface area contributed by atoms with Crippen LogP contribution in [0.1, 0.15) is 46.5 Å². The van der Waals surface area contributed by atoms with Crippen molar-refractivity contribution in [2.45, 2.75) is 52.5 Å². The van der Waals surface area contributed by atoms with E-state index >= 15 is 0 Å². The van der Waals surface area contributed by atoms with Gasteiger partial charge in [-0.25, -0.2) is 0 Å². The molecule has 3 heteroatoms. The van der Waals surface area contributed by atoms with Gasteiger partial charge < -0.3 is 10.6 Å². The van der Waals surface area contributed by atoms with Crippen LogP contribution < -0.4 is 10.6 Å². The number of carbonyl (C=O) groups is 1. The van der Waals surface area contributed by atoms with Crippen LogP contribution in [0.3, 0.4) is 0 Å². The Hall–Kier alpha value is -0.570. The van der Waals surface area contributed by atoms with Gasteiger partial charge in [-0.3, -0.25) is 4.79 Å². The third-order valence-corrected chi connectivity index (χ3v) is 4.71. The van der Waals surface area contributed by atoms with Crippen molar-refractivity contribution >= 4 is 5.91 Å². The van der Waals surface area contributed by atoms with E-state index in [1.807, 2.05) is 0 Å². The van der Waals surface area contributed by atoms with Crippen LogP contribution >= 0.6 is 0 Å². The van der Waals surface area contributed by atoms with Gasteiger partial charge in [0.2, 0.25) is 5.91 Å². The summed E-state index contributed by atoms with van der Waals surface area (Å²) in [6.07, 6.45) is 4.47. The third-order valence-electron chi connectivity index (χ3n) is 4.71. The molecule has 0 radical (unpaired) electrons. The maximum Gasteiger partial charge on any atom is 0.220 e. The highest BCUT2D eigenvalue weighted by molar-refractivity contribution is 5.76. The normalized spacial score (nSPS) is 33.2. The van der Waals surface area contributed by atoms with E-state index in [1.54, 1.807) is 0 Å². The largest absolute Gasteiger partial charge is 0.353 e. The lowest BCUT2D eigenvalue weighted by atomic mass is 9.74. The van der Waals surface area contributed by atoms with Gasteiger partial charge in [0.25, 0.3) is 0 Å². The minimum absolute atomic E-state index is 0.270. The van der Waals surface area contributed by atoms with E-state index in [2.05, 4.69) is 31.4 Å². The molecular formula is C15H28N2O. The van der Waals surface area contributed by atoms with E-state index in [0.29, 0.717) is 30.2 Å². The van der Waals surface area contributed by atoms with Crippen LogP contribution in [0.25, 0.3) is 0 Å². The highest BCUT2D eigenvalue weighted by Crippen LogP contribution is 2.33. The first kappa shape index (κ1) is 13.9. The monoisotopic (exact) mass is 252 g/mol. The Balaban J connectivity index is 1.84. The quantitative estimate of drug-likeness (QED) is 0.805. The van der Waals surface area contributed by atoms with E-state index < -0.39 is 0 Å². The van der Waals surface area contributed by atoms with Gasteiger partial charge in [-0.1, -0.05) is 27.2 Å². The van der Waals surface area contributed by atoms with Crippen LogP contribution in [0, 0.1) is 23.7 Å². The lowest BCUT2D eigenvalue weighted by Gasteiger charge is -2.38. The van der Waals surface area contributed by atoms with Crippen molar-refractivity contribution in [1.29, 1.82) is 0 Å². The summed E-state index contributed by atoms with van der Waals surface area (Å²) in [5.74, 6) is 2.95. The van der Waals surface area contributed by atoms with E-state index in [1.165, 1.54) is 12.8 Å². The molecule has 2 fully saturated rings. The fraction of sp³-hybridized carbons (Fsp3) is 0.933. The van der Waals surface area contributed by atoms with Crippen molar-refractivity contribution in [3.63, 3.8) is 0 Å². The Kier molecular flexibility index (Phi) is 4.66. The average molecular weight is 252 g/mol. The number of hydrogen-bond acceptors (Lipinski definition) is 2. The Bertz CT molecular complexity index is 286. The molecule has 0 bridgehead atoms. The van der Waals surface area contributed by atoms with Crippen LogP contribution in [-0.2, 0) is 4.79 Å². The van der Waals surface area contributed by atoms with Gasteiger partial charge in [-0.05, 0) is 49.6 Å². The second-order valence-corrected chi connectivity index (χ2v) is 6.73. The maximum absolute atomic E-state index is 12.1. The van der Waals surface area contributed by atoms with Gasteiger partial charge in [-0.15, -0.1) is 0 Å². The predicted octanol–water partition coefficient (Wildman–Crippen LogP) is 2.17. The molecule has 2 aliphatic rings. The smallest absolute Gasteiger partial charge is 0.220 e. The van der Waals surface area contributed by atoms with Crippen molar-refractivity contribution < 1.29 is 4.79 Å². The molecule has 104 valence electrons. The predicted molar refractivity (Wildman–Crippen MR) is 74.3 cm³/mol. The lowest BCUT2D eigenvalue weighted by molar-refractivity contribution is -0.124. The van der Waals surface area contributed by atoms with Gasteiger partial charge in [0.15, 0.2) is 0 Å². The fourth-order valence-electron chi connectivity index (χ4n) is 3.39. The van der Waals surface area contributed by atoms with Crippen molar-refractivity contribution in [2.24, 2.45) is 23.7 Å². The topological polar surface area (TPSA) is 41.1 Å². The minimum Gasteiger partial charge on any atom is -0.353 e. The first-order valence-electron chi connectivity index (χ1n) is 7.56. The average Bonchev–Trinajstić information content (AvgIpc) is 2.23. The molecule has 2 rings (SSSR count). The number of carbonyl (C=O) groups excluding carboxylic acids is 1. The molecule has 3 atom stereocenters. The fourth-order valence-corrected chi connectivity index (χ4v) is 3.39. The summed E-state index contributed by atoms with van der Waals surface area (Å²) in [5.41, 5.74) is 0. The molecule has 0 aromatic heterocycles. The number of amides is 1. The Morgan fingerprint density at radius 3 is 2.61 bits per heavy atom. The Morgan fingerprint density at radius 1 is 1.33 bits per heavy atom. The molecule has 1 saturated carbocycles. The lowest BCUT2D eigenvalue weighted by Crippen LogP contribution is -2.49. The van der Waals surface area contributed by atoms with Crippen molar-refractivity contribution in [1.82, 2.24) is 10.6 Å². The number of rotatable bonds is 4. The maximum atomic E-state index is 12.1. The summed E-state index contributed by atoms with van der Waals surface area (Å²) in [6.45, 7) is 8.92. The van der Waals surface area contributed by atoms with Crippen LogP contribution in [0.2, 0.25) is 0 Å². The molecular weight excluding hydrogens is 224 g/mol. The molecule has 2 N–H and O–H groups in total. The number of hydrogen-bond donors (Lipinski definition) is 2. The summed E-state index contributed by atoms with van der Waals surface area (Å²) < 4.78 is 0. The third kappa shape index (κ3) is 3.47. The molecule has 1 aliphatic heterocycles. The van der Waals surface area contributed by atoms with Crippen molar-refractivity contribution in [3.05, 3.63) is 0 Å². The SMILES string of the molecule is CC1CCC(C(C)C)C(NC(=O)CC2CNC2)C1. The van der Waals surface area contributed by atoms with E-state index in [-0.39, 0.29) is 5.91 Å². The molecule has 3 unspecified atom stereocenters. The van der Waals surface area contributed by atoms with Gasteiger partial charge in [0.05, 0.1) is 0 Å². The first-order chi connectivity index (χ1) is 8.56. The molecule has 1 amide bonds. The van der Waals surface area contributed by atoms with Gasteiger partial charge in [0, 0.05) is 12.5 Å². The highest BCUT2D eigenvalue weighted by Gasteiger charge is 2.32. The zero-order valence-electron chi connectivity index (χ0n) is 12.0. The van der Waals surface area contributed by atoms with Crippen LogP contribution in [0.5, 0.6) is 0 Å². The van der Waals surface area contributed by atoms with Gasteiger partial charge in [-0.2, -0.15) is 0 Å². The van der Waals surface area contributed by atoms with E-state index in [4.69, 9.17) is 0 Å². The zero-order valence-corrected chi connectivity index (χ0v) is 12.0. The second kappa shape index (κ2) is 6.05. The number of nitrogens with one attached hydrogen (secondary N) is 2. The standard InChI is InChI=1S/C15H28N2O/c1-10(2)13-5-4-11(3)6-14(13)17-15(18)7-12-8-16-9-12/h10-14,16H,4-9H2,1-3H3,(H,17,18). The molecule has 18 heavy (non-hydrogen) atoms. The molecule has 0 spiro atoms. The van der Waals surface area contributed by atoms with Crippen molar-refractivity contribution in [3.8, 4) is 0 Å². The summed E-state index contributed by atoms with van der Waals surface area (Å²) in [5, 5.41) is 6.54. The molecule has 1 saturated heterocycles. The first-order valence-corrected chi connectivity index (χ1v) is 7.56. The summed E-state index contributed by atoms with van der Waals surface area (Å²) in [7, 11) is 0. The van der Waals surface area contributed by atoms with E-state index in [9.17, 15) is 4.79 Å². The molecule has 0 aromatic rings. The van der Waals surface area contributed by atoms with Gasteiger partial charge >= 0.3 is 0 Å². The highest BCUT2D eigenvalue weighted by atomic mass is 16.1. The molecule has 1 heterocycles. The second-order valence-electron chi connectivity index (χ2n) is 6.73. The van der Waals surface area contributed by atoms with Crippen LogP contribution in [-0.4, -0.2) is 25.0 Å². The van der Waals surface area contributed by atoms with Crippen LogP contribution in [0.4, 0.5) is 0 Å². The summed E-state index contributed by atoms with van der Waals surface area (Å²) in [6, 6.07) is 0.411. The summed E-state index contributed by atoms with van der Waals surface area (Å²) in [4.78, 5) is 12.1. The van der Waals surface area contributed by atoms with Gasteiger partial charge in [0.1, 0.15) is 0 Å². The Labute approximate surface area is 111 Å². The minimum atomic E-state index is 0.270. The Morgan fingerprint density at radius 2 is 2.06 bits per heavy atom.